The fourth-order valence-corrected chi connectivity index (χ4v) is 4.94. The molecule has 0 radical (unpaired) electrons. The highest BCUT2D eigenvalue weighted by Gasteiger charge is 2.30. The summed E-state index contributed by atoms with van der Waals surface area (Å²) in [5.41, 5.74) is 4.12. The van der Waals surface area contributed by atoms with Crippen LogP contribution in [0.25, 0.3) is 0 Å². The van der Waals surface area contributed by atoms with Gasteiger partial charge in [0.15, 0.2) is 11.5 Å². The first-order valence-electron chi connectivity index (χ1n) is 10.7. The topological polar surface area (TPSA) is 103 Å². The van der Waals surface area contributed by atoms with Crippen LogP contribution in [0.15, 0.2) is 35.4 Å². The van der Waals surface area contributed by atoms with Crippen LogP contribution in [0.1, 0.15) is 54.0 Å². The van der Waals surface area contributed by atoms with E-state index in [1.807, 2.05) is 17.1 Å². The molecule has 0 N–H and O–H groups in total. The van der Waals surface area contributed by atoms with E-state index in [1.54, 1.807) is 19.1 Å². The summed E-state index contributed by atoms with van der Waals surface area (Å²) in [6.07, 6.45) is 0.710. The second kappa shape index (κ2) is 8.11. The summed E-state index contributed by atoms with van der Waals surface area (Å²) in [6.45, 7) is 8.19. The van der Waals surface area contributed by atoms with Crippen molar-refractivity contribution in [2.75, 3.05) is 11.8 Å². The number of hydrazone groups is 1. The van der Waals surface area contributed by atoms with Crippen molar-refractivity contribution >= 4 is 27.9 Å². The molecule has 3 heterocycles. The van der Waals surface area contributed by atoms with Gasteiger partial charge in [-0.3, -0.25) is 10.1 Å². The maximum absolute atomic E-state index is 11.4. The number of nitrogens with zero attached hydrogens (tertiary/aromatic N) is 5. The Kier molecular flexibility index (Phi) is 5.24. The van der Waals surface area contributed by atoms with Gasteiger partial charge >= 0.3 is 0 Å². The van der Waals surface area contributed by atoms with Crippen LogP contribution in [-0.2, 0) is 6.42 Å². The van der Waals surface area contributed by atoms with Crippen molar-refractivity contribution < 1.29 is 14.4 Å². The Hall–Kier alpha value is -3.53. The average Bonchev–Trinajstić information content (AvgIpc) is 3.40. The van der Waals surface area contributed by atoms with Crippen LogP contribution in [0.4, 0.5) is 10.8 Å². The van der Waals surface area contributed by atoms with Crippen LogP contribution in [0.5, 0.6) is 11.5 Å². The van der Waals surface area contributed by atoms with Crippen LogP contribution in [0, 0.1) is 17.0 Å². The molecule has 2 aliphatic rings. The predicted molar refractivity (Wildman–Crippen MR) is 126 cm³/mol. The van der Waals surface area contributed by atoms with Crippen molar-refractivity contribution in [1.29, 1.82) is 0 Å². The third kappa shape index (κ3) is 3.80. The SMILES string of the molecule is Cc1cc(C2=NN(c3nnc(C(C)C)s3)[C@H](C)Cc3cc4c(cc32)OCO4)ccc1[N+](=O)[O-]. The van der Waals surface area contributed by atoms with Crippen LogP contribution >= 0.6 is 11.3 Å². The maximum Gasteiger partial charge on any atom is 0.272 e. The Morgan fingerprint density at radius 2 is 1.94 bits per heavy atom. The summed E-state index contributed by atoms with van der Waals surface area (Å²) < 4.78 is 11.2. The molecule has 0 aliphatic carbocycles. The molecule has 170 valence electrons. The molecule has 0 bridgehead atoms. The van der Waals surface area contributed by atoms with E-state index in [0.29, 0.717) is 29.2 Å². The minimum atomic E-state index is -0.372. The number of nitro groups is 1. The summed E-state index contributed by atoms with van der Waals surface area (Å²) in [4.78, 5) is 11.0. The summed E-state index contributed by atoms with van der Waals surface area (Å²) in [5.74, 6) is 1.65. The molecule has 2 aliphatic heterocycles. The molecule has 0 fully saturated rings. The lowest BCUT2D eigenvalue weighted by Gasteiger charge is -2.22. The second-order valence-electron chi connectivity index (χ2n) is 8.54. The van der Waals surface area contributed by atoms with Crippen LogP contribution < -0.4 is 14.5 Å². The van der Waals surface area contributed by atoms with Gasteiger partial charge in [-0.05, 0) is 50.1 Å². The first kappa shape index (κ1) is 21.3. The molecule has 3 aromatic rings. The van der Waals surface area contributed by atoms with Crippen molar-refractivity contribution in [2.24, 2.45) is 5.10 Å². The molecule has 0 unspecified atom stereocenters. The Morgan fingerprint density at radius 3 is 2.61 bits per heavy atom. The van der Waals surface area contributed by atoms with Gasteiger partial charge in [-0.2, -0.15) is 5.10 Å². The van der Waals surface area contributed by atoms with Gasteiger partial charge in [0.05, 0.1) is 16.7 Å². The number of hydrogen-bond acceptors (Lipinski definition) is 9. The first-order chi connectivity index (χ1) is 15.8. The highest BCUT2D eigenvalue weighted by molar-refractivity contribution is 7.15. The van der Waals surface area contributed by atoms with Gasteiger partial charge in [-0.15, -0.1) is 10.2 Å². The van der Waals surface area contributed by atoms with Crippen molar-refractivity contribution in [2.45, 2.75) is 46.1 Å². The summed E-state index contributed by atoms with van der Waals surface area (Å²) in [6, 6.07) is 9.04. The molecule has 2 aromatic carbocycles. The zero-order valence-electron chi connectivity index (χ0n) is 18.7. The Morgan fingerprint density at radius 1 is 1.18 bits per heavy atom. The van der Waals surface area contributed by atoms with E-state index >= 15 is 0 Å². The molecule has 33 heavy (non-hydrogen) atoms. The molecule has 0 saturated carbocycles. The number of ether oxygens (including phenoxy) is 2. The largest absolute Gasteiger partial charge is 0.454 e. The number of nitro benzene ring substituents is 1. The van der Waals surface area contributed by atoms with Crippen LogP contribution in [0.3, 0.4) is 0 Å². The smallest absolute Gasteiger partial charge is 0.272 e. The Bertz CT molecular complexity index is 1290. The van der Waals surface area contributed by atoms with Gasteiger partial charge in [0.1, 0.15) is 5.01 Å². The molecule has 0 amide bonds. The van der Waals surface area contributed by atoms with Gasteiger partial charge in [0.25, 0.3) is 5.69 Å². The van der Waals surface area contributed by atoms with Gasteiger partial charge in [0.2, 0.25) is 11.9 Å². The van der Waals surface area contributed by atoms with E-state index in [4.69, 9.17) is 14.6 Å². The minimum absolute atomic E-state index is 0.00808. The number of aryl methyl sites for hydroxylation is 1. The lowest BCUT2D eigenvalue weighted by Crippen LogP contribution is -2.29. The van der Waals surface area contributed by atoms with Crippen molar-refractivity contribution in [3.05, 3.63) is 67.7 Å². The number of fused-ring (bicyclic) bond motifs is 2. The maximum atomic E-state index is 11.4. The van der Waals surface area contributed by atoms with Crippen molar-refractivity contribution in [3.8, 4) is 11.5 Å². The van der Waals surface area contributed by atoms with Gasteiger partial charge < -0.3 is 9.47 Å². The van der Waals surface area contributed by atoms with Gasteiger partial charge in [-0.25, -0.2) is 5.01 Å². The van der Waals surface area contributed by atoms with Gasteiger partial charge in [-0.1, -0.05) is 25.2 Å². The number of hydrogen-bond donors (Lipinski definition) is 0. The highest BCUT2D eigenvalue weighted by Crippen LogP contribution is 2.39. The zero-order valence-corrected chi connectivity index (χ0v) is 19.5. The minimum Gasteiger partial charge on any atom is -0.454 e. The third-order valence-electron chi connectivity index (χ3n) is 5.78. The molecule has 0 saturated heterocycles. The number of aromatic nitrogens is 2. The molecule has 9 nitrogen and oxygen atoms in total. The van der Waals surface area contributed by atoms with E-state index in [0.717, 1.165) is 26.8 Å². The highest BCUT2D eigenvalue weighted by atomic mass is 32.1. The van der Waals surface area contributed by atoms with E-state index < -0.39 is 0 Å². The lowest BCUT2D eigenvalue weighted by atomic mass is 9.93. The fourth-order valence-electron chi connectivity index (χ4n) is 4.04. The first-order valence-corrected chi connectivity index (χ1v) is 11.5. The van der Waals surface area contributed by atoms with E-state index in [1.165, 1.54) is 17.4 Å². The summed E-state index contributed by atoms with van der Waals surface area (Å²) in [5, 5.41) is 28.7. The number of rotatable bonds is 4. The molecule has 10 heteroatoms. The quantitative estimate of drug-likeness (QED) is 0.402. The molecular formula is C23H23N5O4S. The lowest BCUT2D eigenvalue weighted by molar-refractivity contribution is -0.385. The van der Waals surface area contributed by atoms with Gasteiger partial charge in [0, 0.05) is 28.7 Å². The average molecular weight is 466 g/mol. The van der Waals surface area contributed by atoms with E-state index in [9.17, 15) is 10.1 Å². The molecule has 1 atom stereocenters. The monoisotopic (exact) mass is 465 g/mol. The van der Waals surface area contributed by atoms with E-state index in [2.05, 4.69) is 31.0 Å². The third-order valence-corrected chi connectivity index (χ3v) is 6.99. The zero-order chi connectivity index (χ0) is 23.3. The standard InChI is InChI=1S/C23H23N5O4S/c1-12(2)22-24-25-23(33-22)27-14(4)8-16-9-19-20(32-11-31-19)10-17(16)21(26-27)15-5-6-18(28(29)30)13(3)7-15/h5-7,9-10,12,14H,8,11H2,1-4H3/t14-/m1/s1. The Balaban J connectivity index is 1.69. The van der Waals surface area contributed by atoms with Crippen molar-refractivity contribution in [3.63, 3.8) is 0 Å². The van der Waals surface area contributed by atoms with E-state index in [-0.39, 0.29) is 29.4 Å². The number of benzene rings is 2. The normalized spacial score (nSPS) is 17.1. The Labute approximate surface area is 194 Å². The van der Waals surface area contributed by atoms with Crippen LogP contribution in [-0.4, -0.2) is 33.7 Å². The predicted octanol–water partition coefficient (Wildman–Crippen LogP) is 4.81. The molecular weight excluding hydrogens is 442 g/mol. The molecule has 5 rings (SSSR count). The number of anilines is 1. The summed E-state index contributed by atoms with van der Waals surface area (Å²) in [7, 11) is 0. The van der Waals surface area contributed by atoms with Crippen molar-refractivity contribution in [1.82, 2.24) is 10.2 Å². The second-order valence-corrected chi connectivity index (χ2v) is 9.53. The molecule has 1 aromatic heterocycles. The summed E-state index contributed by atoms with van der Waals surface area (Å²) >= 11 is 1.53. The van der Waals surface area contributed by atoms with Crippen LogP contribution in [0.2, 0.25) is 0 Å². The molecule has 0 spiro atoms. The fraction of sp³-hybridized carbons (Fsp3) is 0.348.